The van der Waals surface area contributed by atoms with E-state index in [1.54, 1.807) is 0 Å². The average Bonchev–Trinajstić information content (AvgIpc) is 2.29. The van der Waals surface area contributed by atoms with Crippen molar-refractivity contribution in [2.75, 3.05) is 26.4 Å². The standard InChI is InChI=1S/C13H23NO3/c15-10-13(4-2-5-13)9-14-12(16)7-11-3-1-6-17-8-11/h11,15H,1-10H2,(H,14,16). The quantitative estimate of drug-likeness (QED) is 0.757. The Balaban J connectivity index is 1.66. The fourth-order valence-corrected chi connectivity index (χ4v) is 2.66. The average molecular weight is 241 g/mol. The highest BCUT2D eigenvalue weighted by Gasteiger charge is 2.36. The van der Waals surface area contributed by atoms with Crippen molar-refractivity contribution in [2.45, 2.75) is 38.5 Å². The van der Waals surface area contributed by atoms with Crippen LogP contribution in [0.2, 0.25) is 0 Å². The van der Waals surface area contributed by atoms with Gasteiger partial charge in [0, 0.05) is 31.6 Å². The molecule has 0 aromatic heterocycles. The molecule has 0 aromatic rings. The first-order chi connectivity index (χ1) is 8.24. The molecule has 1 saturated heterocycles. The van der Waals surface area contributed by atoms with Crippen LogP contribution in [0.3, 0.4) is 0 Å². The lowest BCUT2D eigenvalue weighted by Crippen LogP contribution is -2.45. The number of amides is 1. The second-order valence-corrected chi connectivity index (χ2v) is 5.58. The van der Waals surface area contributed by atoms with Crippen molar-refractivity contribution in [2.24, 2.45) is 11.3 Å². The predicted molar refractivity (Wildman–Crippen MR) is 64.5 cm³/mol. The van der Waals surface area contributed by atoms with Gasteiger partial charge in [0.1, 0.15) is 0 Å². The normalized spacial score (nSPS) is 27.2. The summed E-state index contributed by atoms with van der Waals surface area (Å²) in [6.07, 6.45) is 5.98. The third kappa shape index (κ3) is 3.42. The fourth-order valence-electron chi connectivity index (χ4n) is 2.66. The minimum Gasteiger partial charge on any atom is -0.396 e. The van der Waals surface area contributed by atoms with Crippen LogP contribution < -0.4 is 5.32 Å². The van der Waals surface area contributed by atoms with Crippen LogP contribution in [0.4, 0.5) is 0 Å². The summed E-state index contributed by atoms with van der Waals surface area (Å²) in [4.78, 5) is 11.8. The molecule has 4 heteroatoms. The van der Waals surface area contributed by atoms with Gasteiger partial charge in [0.05, 0.1) is 6.61 Å². The molecule has 98 valence electrons. The Morgan fingerprint density at radius 1 is 1.41 bits per heavy atom. The van der Waals surface area contributed by atoms with E-state index in [0.29, 0.717) is 18.9 Å². The van der Waals surface area contributed by atoms with Crippen LogP contribution in [0.1, 0.15) is 38.5 Å². The van der Waals surface area contributed by atoms with Crippen LogP contribution in [0, 0.1) is 11.3 Å². The molecule has 2 aliphatic rings. The number of hydrogen-bond donors (Lipinski definition) is 2. The van der Waals surface area contributed by atoms with Crippen molar-refractivity contribution in [1.82, 2.24) is 5.32 Å². The van der Waals surface area contributed by atoms with Gasteiger partial charge in [-0.2, -0.15) is 0 Å². The van der Waals surface area contributed by atoms with Gasteiger partial charge in [-0.1, -0.05) is 6.42 Å². The maximum Gasteiger partial charge on any atom is 0.220 e. The molecule has 17 heavy (non-hydrogen) atoms. The van der Waals surface area contributed by atoms with Crippen molar-refractivity contribution < 1.29 is 14.6 Å². The van der Waals surface area contributed by atoms with Gasteiger partial charge in [0.2, 0.25) is 5.91 Å². The van der Waals surface area contributed by atoms with Crippen LogP contribution in [0.5, 0.6) is 0 Å². The Morgan fingerprint density at radius 3 is 2.76 bits per heavy atom. The molecule has 1 unspecified atom stereocenters. The fraction of sp³-hybridized carbons (Fsp3) is 0.923. The van der Waals surface area contributed by atoms with Gasteiger partial charge >= 0.3 is 0 Å². The monoisotopic (exact) mass is 241 g/mol. The van der Waals surface area contributed by atoms with Crippen molar-refractivity contribution in [3.05, 3.63) is 0 Å². The zero-order chi connectivity index (χ0) is 12.1. The molecule has 0 radical (unpaired) electrons. The van der Waals surface area contributed by atoms with Gasteiger partial charge in [-0.25, -0.2) is 0 Å². The lowest BCUT2D eigenvalue weighted by Gasteiger charge is -2.40. The van der Waals surface area contributed by atoms with Crippen LogP contribution >= 0.6 is 0 Å². The molecule has 1 atom stereocenters. The van der Waals surface area contributed by atoms with Crippen molar-refractivity contribution in [3.63, 3.8) is 0 Å². The molecule has 0 aromatic carbocycles. The Bertz CT molecular complexity index is 252. The maximum absolute atomic E-state index is 11.8. The number of carbonyl (C=O) groups excluding carboxylic acids is 1. The SMILES string of the molecule is O=C(CC1CCCOC1)NCC1(CO)CCC1. The summed E-state index contributed by atoms with van der Waals surface area (Å²) in [5.41, 5.74) is -0.0152. The van der Waals surface area contributed by atoms with Gasteiger partial charge in [-0.15, -0.1) is 0 Å². The second kappa shape index (κ2) is 5.83. The van der Waals surface area contributed by atoms with Crippen molar-refractivity contribution >= 4 is 5.91 Å². The van der Waals surface area contributed by atoms with Crippen LogP contribution in [0.15, 0.2) is 0 Å². The molecule has 4 nitrogen and oxygen atoms in total. The molecule has 0 spiro atoms. The number of aliphatic hydroxyl groups excluding tert-OH is 1. The Labute approximate surface area is 103 Å². The number of nitrogens with one attached hydrogen (secondary N) is 1. The molecule has 1 aliphatic carbocycles. The predicted octanol–water partition coefficient (Wildman–Crippen LogP) is 1.08. The Kier molecular flexibility index (Phi) is 4.40. The number of ether oxygens (including phenoxy) is 1. The number of rotatable bonds is 5. The smallest absolute Gasteiger partial charge is 0.220 e. The van der Waals surface area contributed by atoms with E-state index in [2.05, 4.69) is 5.32 Å². The van der Waals surface area contributed by atoms with E-state index < -0.39 is 0 Å². The summed E-state index contributed by atoms with van der Waals surface area (Å²) in [7, 11) is 0. The summed E-state index contributed by atoms with van der Waals surface area (Å²) in [5.74, 6) is 0.496. The summed E-state index contributed by atoms with van der Waals surface area (Å²) in [6.45, 7) is 2.39. The van der Waals surface area contributed by atoms with Crippen LogP contribution in [-0.4, -0.2) is 37.4 Å². The van der Waals surface area contributed by atoms with E-state index in [1.807, 2.05) is 0 Å². The minimum absolute atomic E-state index is 0.0152. The molecule has 1 amide bonds. The minimum atomic E-state index is -0.0152. The molecule has 1 aliphatic heterocycles. The van der Waals surface area contributed by atoms with E-state index in [1.165, 1.54) is 6.42 Å². The molecule has 2 fully saturated rings. The lowest BCUT2D eigenvalue weighted by atomic mass is 9.69. The molecule has 0 bridgehead atoms. The van der Waals surface area contributed by atoms with Crippen molar-refractivity contribution in [3.8, 4) is 0 Å². The highest BCUT2D eigenvalue weighted by Crippen LogP contribution is 2.39. The van der Waals surface area contributed by atoms with Gasteiger partial charge in [-0.05, 0) is 31.6 Å². The number of hydrogen-bond acceptors (Lipinski definition) is 3. The largest absolute Gasteiger partial charge is 0.396 e. The maximum atomic E-state index is 11.8. The topological polar surface area (TPSA) is 58.6 Å². The molecular formula is C13H23NO3. The van der Waals surface area contributed by atoms with Crippen LogP contribution in [0.25, 0.3) is 0 Å². The second-order valence-electron chi connectivity index (χ2n) is 5.58. The lowest BCUT2D eigenvalue weighted by molar-refractivity contribution is -0.124. The number of aliphatic hydroxyl groups is 1. The molecule has 2 rings (SSSR count). The highest BCUT2D eigenvalue weighted by atomic mass is 16.5. The van der Waals surface area contributed by atoms with Gasteiger partial charge in [0.25, 0.3) is 0 Å². The van der Waals surface area contributed by atoms with E-state index in [9.17, 15) is 9.90 Å². The van der Waals surface area contributed by atoms with Crippen molar-refractivity contribution in [1.29, 1.82) is 0 Å². The molecular weight excluding hydrogens is 218 g/mol. The van der Waals surface area contributed by atoms with Gasteiger partial charge in [0.15, 0.2) is 0 Å². The Hall–Kier alpha value is -0.610. The van der Waals surface area contributed by atoms with E-state index >= 15 is 0 Å². The van der Waals surface area contributed by atoms with Crippen LogP contribution in [-0.2, 0) is 9.53 Å². The molecule has 1 heterocycles. The third-order valence-electron chi connectivity index (χ3n) is 4.14. The van der Waals surface area contributed by atoms with E-state index in [0.717, 1.165) is 38.9 Å². The van der Waals surface area contributed by atoms with E-state index in [4.69, 9.17) is 4.74 Å². The molecule has 1 saturated carbocycles. The summed E-state index contributed by atoms with van der Waals surface area (Å²) >= 11 is 0. The first-order valence-electron chi connectivity index (χ1n) is 6.69. The third-order valence-corrected chi connectivity index (χ3v) is 4.14. The zero-order valence-corrected chi connectivity index (χ0v) is 10.4. The summed E-state index contributed by atoms with van der Waals surface area (Å²) in [6, 6.07) is 0. The van der Waals surface area contributed by atoms with E-state index in [-0.39, 0.29) is 17.9 Å². The Morgan fingerprint density at radius 2 is 2.24 bits per heavy atom. The summed E-state index contributed by atoms with van der Waals surface area (Å²) in [5, 5.41) is 12.3. The first kappa shape index (κ1) is 12.8. The van der Waals surface area contributed by atoms with Gasteiger partial charge in [-0.3, -0.25) is 4.79 Å². The zero-order valence-electron chi connectivity index (χ0n) is 10.4. The first-order valence-corrected chi connectivity index (χ1v) is 6.69. The summed E-state index contributed by atoms with van der Waals surface area (Å²) < 4.78 is 5.36. The van der Waals surface area contributed by atoms with Gasteiger partial charge < -0.3 is 15.2 Å². The number of carbonyl (C=O) groups is 1. The molecule has 2 N–H and O–H groups in total. The highest BCUT2D eigenvalue weighted by molar-refractivity contribution is 5.76.